The Morgan fingerprint density at radius 3 is 3.00 bits per heavy atom. The standard InChI is InChI=1S/C6H4NO2P/c8-7-9-5-3-1-2-4-6(5)10-7/h1-4H. The average Bonchev–Trinajstić information content (AvgIpc) is 2.27. The summed E-state index contributed by atoms with van der Waals surface area (Å²) in [7, 11) is 0.578. The molecule has 0 saturated heterocycles. The van der Waals surface area contributed by atoms with Crippen LogP contribution in [0.25, 0.3) is 10.7 Å². The monoisotopic (exact) mass is 153 g/mol. The van der Waals surface area contributed by atoms with E-state index in [1.165, 1.54) is 0 Å². The molecular weight excluding hydrogens is 149 g/mol. The summed E-state index contributed by atoms with van der Waals surface area (Å²) in [5, 5.41) is 11.5. The topological polar surface area (TPSA) is 40.1 Å². The lowest BCUT2D eigenvalue weighted by Gasteiger charge is -1.80. The van der Waals surface area contributed by atoms with Crippen LogP contribution in [0.3, 0.4) is 0 Å². The SMILES string of the molecule is [O-][n+]1oc2ccccc2p1. The van der Waals surface area contributed by atoms with Crippen molar-refractivity contribution < 1.29 is 9.19 Å². The van der Waals surface area contributed by atoms with Gasteiger partial charge in [-0.15, -0.1) is 0 Å². The van der Waals surface area contributed by atoms with Crippen LogP contribution in [0.5, 0.6) is 0 Å². The van der Waals surface area contributed by atoms with E-state index in [4.69, 9.17) is 4.52 Å². The lowest BCUT2D eigenvalue weighted by atomic mass is 10.4. The summed E-state index contributed by atoms with van der Waals surface area (Å²) in [6, 6.07) is 7.37. The summed E-state index contributed by atoms with van der Waals surface area (Å²) in [5.41, 5.74) is 0.666. The lowest BCUT2D eigenvalue weighted by molar-refractivity contribution is -0.729. The van der Waals surface area contributed by atoms with Gasteiger partial charge in [0.05, 0.1) is 15.4 Å². The van der Waals surface area contributed by atoms with Crippen LogP contribution in [0.15, 0.2) is 28.8 Å². The maximum Gasteiger partial charge on any atom is 0.322 e. The number of hydrogen-bond donors (Lipinski definition) is 0. The Morgan fingerprint density at radius 2 is 2.20 bits per heavy atom. The van der Waals surface area contributed by atoms with Gasteiger partial charge in [0.2, 0.25) is 0 Å². The molecule has 1 aromatic heterocycles. The zero-order valence-corrected chi connectivity index (χ0v) is 5.91. The first-order chi connectivity index (χ1) is 4.86. The van der Waals surface area contributed by atoms with Gasteiger partial charge >= 0.3 is 8.35 Å². The summed E-state index contributed by atoms with van der Waals surface area (Å²) in [6.45, 7) is 0. The van der Waals surface area contributed by atoms with Gasteiger partial charge in [0.25, 0.3) is 0 Å². The fourth-order valence-electron chi connectivity index (χ4n) is 0.809. The van der Waals surface area contributed by atoms with Crippen LogP contribution in [-0.4, -0.2) is 0 Å². The van der Waals surface area contributed by atoms with Gasteiger partial charge in [-0.2, -0.15) is 0 Å². The Kier molecular flexibility index (Phi) is 1.11. The Balaban J connectivity index is 2.88. The number of para-hydroxylation sites is 1. The first kappa shape index (κ1) is 5.69. The fourth-order valence-corrected chi connectivity index (χ4v) is 1.48. The highest BCUT2D eigenvalue weighted by Crippen LogP contribution is 2.18. The quantitative estimate of drug-likeness (QED) is 0.540. The maximum absolute atomic E-state index is 10.6. The predicted molar refractivity (Wildman–Crippen MR) is 37.7 cm³/mol. The first-order valence-corrected chi connectivity index (χ1v) is 3.67. The van der Waals surface area contributed by atoms with Crippen molar-refractivity contribution >= 4 is 19.1 Å². The van der Waals surface area contributed by atoms with Crippen molar-refractivity contribution in [2.75, 3.05) is 0 Å². The van der Waals surface area contributed by atoms with E-state index >= 15 is 0 Å². The van der Waals surface area contributed by atoms with Gasteiger partial charge in [-0.1, -0.05) is 12.1 Å². The Morgan fingerprint density at radius 1 is 1.40 bits per heavy atom. The highest BCUT2D eigenvalue weighted by atomic mass is 31.0. The Labute approximate surface area is 58.6 Å². The highest BCUT2D eigenvalue weighted by Gasteiger charge is 2.00. The van der Waals surface area contributed by atoms with Crippen LogP contribution < -0.4 is 4.67 Å². The van der Waals surface area contributed by atoms with E-state index in [2.05, 4.69) is 0 Å². The van der Waals surface area contributed by atoms with E-state index in [9.17, 15) is 5.21 Å². The van der Waals surface area contributed by atoms with Gasteiger partial charge < -0.3 is 4.52 Å². The van der Waals surface area contributed by atoms with E-state index in [0.717, 1.165) is 5.12 Å². The van der Waals surface area contributed by atoms with Crippen LogP contribution >= 0.6 is 8.35 Å². The van der Waals surface area contributed by atoms with Crippen molar-refractivity contribution in [2.45, 2.75) is 0 Å². The molecule has 0 bridgehead atoms. The normalized spacial score (nSPS) is 11.2. The van der Waals surface area contributed by atoms with Crippen molar-refractivity contribution in [2.24, 2.45) is 0 Å². The third kappa shape index (κ3) is 0.755. The molecule has 10 heavy (non-hydrogen) atoms. The predicted octanol–water partition coefficient (Wildman–Crippen LogP) is 1.65. The average molecular weight is 153 g/mol. The Bertz CT molecular complexity index is 324. The molecule has 2 aromatic rings. The maximum atomic E-state index is 10.6. The summed E-state index contributed by atoms with van der Waals surface area (Å²) in [6.07, 6.45) is 0. The summed E-state index contributed by atoms with van der Waals surface area (Å²) < 4.78 is 5.32. The zero-order valence-electron chi connectivity index (χ0n) is 5.02. The molecule has 1 heterocycles. The fraction of sp³-hybridized carbons (Fsp3) is 0. The van der Waals surface area contributed by atoms with Gasteiger partial charge in [-0.05, 0) is 12.1 Å². The molecule has 0 aliphatic carbocycles. The van der Waals surface area contributed by atoms with Crippen LogP contribution in [-0.2, 0) is 0 Å². The second-order valence-corrected chi connectivity index (χ2v) is 2.91. The molecule has 50 valence electrons. The molecule has 1 aromatic carbocycles. The third-order valence-electron chi connectivity index (χ3n) is 1.23. The van der Waals surface area contributed by atoms with Crippen LogP contribution in [0.4, 0.5) is 0 Å². The summed E-state index contributed by atoms with van der Waals surface area (Å²) in [5.74, 6) is 0. The van der Waals surface area contributed by atoms with Gasteiger partial charge in [0.15, 0.2) is 0 Å². The first-order valence-electron chi connectivity index (χ1n) is 2.82. The molecule has 0 spiro atoms. The largest absolute Gasteiger partial charge is 0.364 e. The molecule has 3 nitrogen and oxygen atoms in total. The number of rotatable bonds is 0. The second kappa shape index (κ2) is 1.96. The molecule has 0 aliphatic heterocycles. The van der Waals surface area contributed by atoms with E-state index in [-0.39, 0.29) is 0 Å². The van der Waals surface area contributed by atoms with Gasteiger partial charge in [0.1, 0.15) is 0 Å². The van der Waals surface area contributed by atoms with Gasteiger partial charge in [-0.3, -0.25) is 5.21 Å². The van der Waals surface area contributed by atoms with Crippen LogP contribution in [0.2, 0.25) is 0 Å². The smallest absolute Gasteiger partial charge is 0.322 e. The minimum atomic E-state index is 0.546. The van der Waals surface area contributed by atoms with E-state index in [1.807, 2.05) is 18.2 Å². The molecule has 0 saturated carbocycles. The minimum absolute atomic E-state index is 0.546. The minimum Gasteiger partial charge on any atom is -0.364 e. The molecule has 0 atom stereocenters. The molecule has 0 radical (unpaired) electrons. The molecule has 0 amide bonds. The van der Waals surface area contributed by atoms with E-state index in [0.29, 0.717) is 18.6 Å². The molecule has 2 rings (SSSR count). The van der Waals surface area contributed by atoms with Crippen molar-refractivity contribution in [3.05, 3.63) is 29.5 Å². The van der Waals surface area contributed by atoms with E-state index < -0.39 is 0 Å². The van der Waals surface area contributed by atoms with Crippen molar-refractivity contribution in [1.29, 1.82) is 0 Å². The van der Waals surface area contributed by atoms with Crippen LogP contribution in [0.1, 0.15) is 0 Å². The number of hydrogen-bond acceptors (Lipinski definition) is 2. The molecule has 0 N–H and O–H groups in total. The number of nitrogens with zero attached hydrogens (tertiary/aromatic N) is 1. The number of benzene rings is 1. The molecule has 0 aliphatic rings. The van der Waals surface area contributed by atoms with Gasteiger partial charge in [0, 0.05) is 0 Å². The number of aromatic nitrogens is 1. The van der Waals surface area contributed by atoms with Crippen molar-refractivity contribution in [1.82, 2.24) is 0 Å². The molecule has 4 heteroatoms. The lowest BCUT2D eigenvalue weighted by Crippen LogP contribution is -2.14. The number of fused-ring (bicyclic) bond motifs is 1. The van der Waals surface area contributed by atoms with Crippen molar-refractivity contribution in [3.63, 3.8) is 0 Å². The molecular formula is C6H4NO2P. The van der Waals surface area contributed by atoms with Crippen molar-refractivity contribution in [3.8, 4) is 0 Å². The summed E-state index contributed by atoms with van der Waals surface area (Å²) >= 11 is 0. The second-order valence-electron chi connectivity index (χ2n) is 1.90. The van der Waals surface area contributed by atoms with Crippen LogP contribution in [0, 0.1) is 5.21 Å². The zero-order chi connectivity index (χ0) is 6.97. The molecule has 0 unspecified atom stereocenters. The molecule has 0 fully saturated rings. The summed E-state index contributed by atoms with van der Waals surface area (Å²) in [4.78, 5) is 0. The highest BCUT2D eigenvalue weighted by molar-refractivity contribution is 7.29. The van der Waals surface area contributed by atoms with Gasteiger partial charge in [-0.25, -0.2) is 0 Å². The third-order valence-corrected chi connectivity index (χ3v) is 2.06. The Hall–Kier alpha value is -1.08. The van der Waals surface area contributed by atoms with E-state index in [1.54, 1.807) is 6.07 Å².